The molecule has 0 heterocycles. The summed E-state index contributed by atoms with van der Waals surface area (Å²) in [5, 5.41) is 26.2. The summed E-state index contributed by atoms with van der Waals surface area (Å²) in [7, 11) is 0. The van der Waals surface area contributed by atoms with E-state index in [0.29, 0.717) is 12.1 Å². The van der Waals surface area contributed by atoms with Gasteiger partial charge in [-0.1, -0.05) is 0 Å². The maximum atomic E-state index is 12.0. The van der Waals surface area contributed by atoms with Crippen molar-refractivity contribution < 1.29 is 28.5 Å². The number of aromatic hydroxyl groups is 3. The molecule has 0 radical (unpaired) electrons. The van der Waals surface area contributed by atoms with Gasteiger partial charge in [0.05, 0.1) is 0 Å². The SMILES string of the molecule is Oc1cc(O)c(C(F)(F)F)c(O)c1. The lowest BCUT2D eigenvalue weighted by Crippen LogP contribution is -2.05. The zero-order valence-corrected chi connectivity index (χ0v) is 6.13. The smallest absolute Gasteiger partial charge is 0.423 e. The third-order valence-electron chi connectivity index (χ3n) is 1.36. The maximum Gasteiger partial charge on any atom is 0.423 e. The van der Waals surface area contributed by atoms with Gasteiger partial charge in [-0.3, -0.25) is 0 Å². The predicted octanol–water partition coefficient (Wildman–Crippen LogP) is 1.82. The fourth-order valence-electron chi connectivity index (χ4n) is 0.888. The van der Waals surface area contributed by atoms with Crippen LogP contribution in [-0.4, -0.2) is 15.3 Å². The van der Waals surface area contributed by atoms with Crippen LogP contribution in [0.3, 0.4) is 0 Å². The number of halogens is 3. The van der Waals surface area contributed by atoms with Crippen LogP contribution < -0.4 is 0 Å². The second-order valence-corrected chi connectivity index (χ2v) is 2.36. The highest BCUT2D eigenvalue weighted by molar-refractivity contribution is 5.50. The van der Waals surface area contributed by atoms with Crippen LogP contribution in [0, 0.1) is 0 Å². The first-order chi connectivity index (χ1) is 5.82. The van der Waals surface area contributed by atoms with Crippen LogP contribution in [0.2, 0.25) is 0 Å². The van der Waals surface area contributed by atoms with Crippen molar-refractivity contribution in [1.82, 2.24) is 0 Å². The van der Waals surface area contributed by atoms with Crippen molar-refractivity contribution in [2.45, 2.75) is 6.18 Å². The minimum atomic E-state index is -4.85. The van der Waals surface area contributed by atoms with Crippen LogP contribution in [0.25, 0.3) is 0 Å². The van der Waals surface area contributed by atoms with Gasteiger partial charge in [0.1, 0.15) is 22.8 Å². The highest BCUT2D eigenvalue weighted by Crippen LogP contribution is 2.43. The molecule has 0 bridgehead atoms. The second-order valence-electron chi connectivity index (χ2n) is 2.36. The summed E-state index contributed by atoms with van der Waals surface area (Å²) in [5.41, 5.74) is -1.55. The summed E-state index contributed by atoms with van der Waals surface area (Å²) in [6.45, 7) is 0. The number of hydrogen-bond acceptors (Lipinski definition) is 3. The zero-order chi connectivity index (χ0) is 10.2. The molecule has 0 saturated carbocycles. The molecule has 0 unspecified atom stereocenters. The average molecular weight is 194 g/mol. The monoisotopic (exact) mass is 194 g/mol. The average Bonchev–Trinajstić information content (AvgIpc) is 1.78. The quantitative estimate of drug-likeness (QED) is 0.590. The summed E-state index contributed by atoms with van der Waals surface area (Å²) < 4.78 is 36.1. The molecule has 0 aliphatic heterocycles. The summed E-state index contributed by atoms with van der Waals surface area (Å²) in [6, 6.07) is 1.01. The fourth-order valence-corrected chi connectivity index (χ4v) is 0.888. The Morgan fingerprint density at radius 1 is 0.923 bits per heavy atom. The van der Waals surface area contributed by atoms with E-state index in [-0.39, 0.29) is 0 Å². The minimum Gasteiger partial charge on any atom is -0.508 e. The number of alkyl halides is 3. The molecule has 72 valence electrons. The van der Waals surface area contributed by atoms with E-state index in [4.69, 9.17) is 15.3 Å². The molecule has 1 aromatic rings. The number of hydrogen-bond donors (Lipinski definition) is 3. The van der Waals surface area contributed by atoms with Crippen molar-refractivity contribution >= 4 is 0 Å². The minimum absolute atomic E-state index is 0.503. The Morgan fingerprint density at radius 3 is 1.62 bits per heavy atom. The van der Waals surface area contributed by atoms with Crippen LogP contribution >= 0.6 is 0 Å². The van der Waals surface area contributed by atoms with Crippen LogP contribution in [0.15, 0.2) is 12.1 Å². The van der Waals surface area contributed by atoms with Crippen LogP contribution in [-0.2, 0) is 6.18 Å². The standard InChI is InChI=1S/C7H5F3O3/c8-7(9,10)6-4(12)1-3(11)2-5(6)13/h1-2,11-13H. The highest BCUT2D eigenvalue weighted by Gasteiger charge is 2.37. The third kappa shape index (κ3) is 1.77. The molecule has 3 nitrogen and oxygen atoms in total. The molecule has 0 aliphatic carbocycles. The molecule has 0 fully saturated rings. The Morgan fingerprint density at radius 2 is 1.31 bits per heavy atom. The molecule has 0 aliphatic rings. The summed E-state index contributed by atoms with van der Waals surface area (Å²) >= 11 is 0. The van der Waals surface area contributed by atoms with Gasteiger partial charge in [-0.25, -0.2) is 0 Å². The van der Waals surface area contributed by atoms with Gasteiger partial charge in [-0.15, -0.1) is 0 Å². The zero-order valence-electron chi connectivity index (χ0n) is 6.13. The fraction of sp³-hybridized carbons (Fsp3) is 0.143. The van der Waals surface area contributed by atoms with E-state index >= 15 is 0 Å². The van der Waals surface area contributed by atoms with Gasteiger partial charge in [-0.2, -0.15) is 13.2 Å². The largest absolute Gasteiger partial charge is 0.508 e. The third-order valence-corrected chi connectivity index (χ3v) is 1.36. The lowest BCUT2D eigenvalue weighted by molar-refractivity contribution is -0.139. The normalized spacial score (nSPS) is 11.6. The van der Waals surface area contributed by atoms with Gasteiger partial charge < -0.3 is 15.3 Å². The van der Waals surface area contributed by atoms with Gasteiger partial charge in [-0.05, 0) is 0 Å². The van der Waals surface area contributed by atoms with E-state index in [9.17, 15) is 13.2 Å². The highest BCUT2D eigenvalue weighted by atomic mass is 19.4. The number of rotatable bonds is 0. The van der Waals surface area contributed by atoms with E-state index < -0.39 is 29.0 Å². The molecule has 0 saturated heterocycles. The van der Waals surface area contributed by atoms with Gasteiger partial charge in [0.15, 0.2) is 0 Å². The van der Waals surface area contributed by atoms with Gasteiger partial charge in [0.2, 0.25) is 0 Å². The number of benzene rings is 1. The van der Waals surface area contributed by atoms with E-state index in [1.165, 1.54) is 0 Å². The summed E-state index contributed by atoms with van der Waals surface area (Å²) in [4.78, 5) is 0. The van der Waals surface area contributed by atoms with Crippen molar-refractivity contribution in [3.8, 4) is 17.2 Å². The Labute approximate surface area is 70.7 Å². The number of phenols is 3. The molecule has 13 heavy (non-hydrogen) atoms. The van der Waals surface area contributed by atoms with Gasteiger partial charge in [0, 0.05) is 12.1 Å². The topological polar surface area (TPSA) is 60.7 Å². The van der Waals surface area contributed by atoms with E-state index in [2.05, 4.69) is 0 Å². The predicted molar refractivity (Wildman–Crippen MR) is 36.4 cm³/mol. The Kier molecular flexibility index (Phi) is 1.99. The van der Waals surface area contributed by atoms with Crippen molar-refractivity contribution in [3.05, 3.63) is 17.7 Å². The van der Waals surface area contributed by atoms with E-state index in [1.54, 1.807) is 0 Å². The molecule has 3 N–H and O–H groups in total. The maximum absolute atomic E-state index is 12.0. The first kappa shape index (κ1) is 9.50. The Bertz CT molecular complexity index is 309. The van der Waals surface area contributed by atoms with Crippen molar-refractivity contribution in [3.63, 3.8) is 0 Å². The molecule has 1 rings (SSSR count). The first-order valence-electron chi connectivity index (χ1n) is 3.14. The summed E-state index contributed by atoms with van der Waals surface area (Å²) in [5.74, 6) is -3.04. The lowest BCUT2D eigenvalue weighted by atomic mass is 10.1. The molecule has 0 amide bonds. The molecule has 0 atom stereocenters. The molecule has 0 spiro atoms. The first-order valence-corrected chi connectivity index (χ1v) is 3.14. The number of phenolic OH excluding ortho intramolecular Hbond substituents is 3. The van der Waals surface area contributed by atoms with Gasteiger partial charge in [0.25, 0.3) is 0 Å². The molecular formula is C7H5F3O3. The molecule has 0 aromatic heterocycles. The van der Waals surface area contributed by atoms with Crippen LogP contribution in [0.5, 0.6) is 17.2 Å². The second kappa shape index (κ2) is 2.72. The molecule has 6 heteroatoms. The van der Waals surface area contributed by atoms with E-state index in [0.717, 1.165) is 0 Å². The van der Waals surface area contributed by atoms with Crippen LogP contribution in [0.1, 0.15) is 5.56 Å². The van der Waals surface area contributed by atoms with Crippen molar-refractivity contribution in [2.24, 2.45) is 0 Å². The van der Waals surface area contributed by atoms with E-state index in [1.807, 2.05) is 0 Å². The lowest BCUT2D eigenvalue weighted by Gasteiger charge is -2.10. The van der Waals surface area contributed by atoms with Crippen LogP contribution in [0.4, 0.5) is 13.2 Å². The van der Waals surface area contributed by atoms with Gasteiger partial charge >= 0.3 is 6.18 Å². The summed E-state index contributed by atoms with van der Waals surface area (Å²) in [6.07, 6.45) is -4.85. The Balaban J connectivity index is 3.38. The molecule has 1 aromatic carbocycles. The molecular weight excluding hydrogens is 189 g/mol. The van der Waals surface area contributed by atoms with Crippen molar-refractivity contribution in [1.29, 1.82) is 0 Å². The van der Waals surface area contributed by atoms with Crippen molar-refractivity contribution in [2.75, 3.05) is 0 Å². The Hall–Kier alpha value is -1.59.